The molecule has 0 aliphatic carbocycles. The van der Waals surface area contributed by atoms with Crippen molar-refractivity contribution in [3.05, 3.63) is 42.0 Å². The molecule has 13 nitrogen and oxygen atoms in total. The Morgan fingerprint density at radius 1 is 0.921 bits per heavy atom. The lowest BCUT2D eigenvalue weighted by molar-refractivity contribution is -0.142. The molecule has 206 valence electrons. The van der Waals surface area contributed by atoms with Crippen LogP contribution in [0.4, 0.5) is 10.5 Å². The third kappa shape index (κ3) is 10.4. The van der Waals surface area contributed by atoms with Crippen molar-refractivity contribution in [3.8, 4) is 0 Å². The standard InChI is InChI=1S/C25H32N4O9/c1-16(2)23(28-25(35)37-13-12-36-11-10-29-21(32)8-9-22(29)33)24(34)26-14-20(31)27-19-6-4-18(5-7-19)15-38-17(3)30/h4-9,16,23H,10-15H2,1-3H3,(H,26,34)(H,27,31)(H,28,35). The molecular weight excluding hydrogens is 500 g/mol. The minimum Gasteiger partial charge on any atom is -0.461 e. The van der Waals surface area contributed by atoms with Gasteiger partial charge in [0.1, 0.15) is 19.3 Å². The predicted molar refractivity (Wildman–Crippen MR) is 133 cm³/mol. The number of carbonyl (C=O) groups is 6. The maximum absolute atomic E-state index is 12.6. The summed E-state index contributed by atoms with van der Waals surface area (Å²) in [4.78, 5) is 71.6. The zero-order valence-corrected chi connectivity index (χ0v) is 21.5. The molecule has 0 saturated carbocycles. The molecule has 1 aromatic rings. The van der Waals surface area contributed by atoms with Crippen molar-refractivity contribution in [1.29, 1.82) is 0 Å². The lowest BCUT2D eigenvalue weighted by Crippen LogP contribution is -2.51. The number of ether oxygens (including phenoxy) is 3. The second-order valence-corrected chi connectivity index (χ2v) is 8.52. The van der Waals surface area contributed by atoms with E-state index in [9.17, 15) is 28.8 Å². The van der Waals surface area contributed by atoms with E-state index < -0.39 is 41.7 Å². The van der Waals surface area contributed by atoms with E-state index in [2.05, 4.69) is 16.0 Å². The summed E-state index contributed by atoms with van der Waals surface area (Å²) in [6.07, 6.45) is 1.52. The number of anilines is 1. The van der Waals surface area contributed by atoms with E-state index >= 15 is 0 Å². The van der Waals surface area contributed by atoms with E-state index in [1.165, 1.54) is 19.1 Å². The number of rotatable bonds is 14. The van der Waals surface area contributed by atoms with Crippen LogP contribution in [0.25, 0.3) is 0 Å². The molecule has 0 radical (unpaired) electrons. The monoisotopic (exact) mass is 532 g/mol. The van der Waals surface area contributed by atoms with Crippen molar-refractivity contribution in [2.75, 3.05) is 38.2 Å². The Bertz CT molecular complexity index is 1040. The summed E-state index contributed by atoms with van der Waals surface area (Å²) < 4.78 is 15.2. The molecule has 1 aromatic carbocycles. The van der Waals surface area contributed by atoms with Gasteiger partial charge < -0.3 is 30.2 Å². The van der Waals surface area contributed by atoms with Crippen LogP contribution < -0.4 is 16.0 Å². The van der Waals surface area contributed by atoms with Crippen molar-refractivity contribution in [2.45, 2.75) is 33.4 Å². The minimum absolute atomic E-state index is 0.0283. The Labute approximate surface area is 219 Å². The highest BCUT2D eigenvalue weighted by Crippen LogP contribution is 2.10. The normalized spacial score (nSPS) is 13.3. The first-order valence-corrected chi connectivity index (χ1v) is 11.9. The molecule has 38 heavy (non-hydrogen) atoms. The maximum Gasteiger partial charge on any atom is 0.407 e. The van der Waals surface area contributed by atoms with Crippen LogP contribution >= 0.6 is 0 Å². The minimum atomic E-state index is -0.948. The average molecular weight is 533 g/mol. The van der Waals surface area contributed by atoms with Crippen molar-refractivity contribution < 1.29 is 43.0 Å². The van der Waals surface area contributed by atoms with Gasteiger partial charge in [0.2, 0.25) is 11.8 Å². The van der Waals surface area contributed by atoms with Gasteiger partial charge >= 0.3 is 12.1 Å². The van der Waals surface area contributed by atoms with Gasteiger partial charge in [0, 0.05) is 24.8 Å². The number of hydrogen-bond acceptors (Lipinski definition) is 9. The van der Waals surface area contributed by atoms with E-state index in [1.807, 2.05) is 0 Å². The highest BCUT2D eigenvalue weighted by molar-refractivity contribution is 6.12. The SMILES string of the molecule is CC(=O)OCc1ccc(NC(=O)CNC(=O)C(NC(=O)OCCOCCN2C(=O)C=CC2=O)C(C)C)cc1. The molecule has 1 aliphatic rings. The molecule has 13 heteroatoms. The van der Waals surface area contributed by atoms with Gasteiger partial charge in [0.15, 0.2) is 0 Å². The zero-order valence-electron chi connectivity index (χ0n) is 21.5. The van der Waals surface area contributed by atoms with Crippen LogP contribution in [0.1, 0.15) is 26.3 Å². The van der Waals surface area contributed by atoms with Gasteiger partial charge in [-0.1, -0.05) is 26.0 Å². The van der Waals surface area contributed by atoms with Crippen LogP contribution in [0, 0.1) is 5.92 Å². The van der Waals surface area contributed by atoms with E-state index in [1.54, 1.807) is 38.1 Å². The van der Waals surface area contributed by atoms with Gasteiger partial charge in [-0.2, -0.15) is 0 Å². The van der Waals surface area contributed by atoms with Crippen LogP contribution in [0.2, 0.25) is 0 Å². The topological polar surface area (TPSA) is 169 Å². The van der Waals surface area contributed by atoms with Crippen molar-refractivity contribution >= 4 is 41.4 Å². The lowest BCUT2D eigenvalue weighted by Gasteiger charge is -2.21. The molecule has 0 spiro atoms. The summed E-state index contributed by atoms with van der Waals surface area (Å²) in [7, 11) is 0. The fourth-order valence-corrected chi connectivity index (χ4v) is 3.16. The average Bonchev–Trinajstić information content (AvgIpc) is 3.19. The fourth-order valence-electron chi connectivity index (χ4n) is 3.16. The number of alkyl carbamates (subject to hydrolysis) is 1. The first kappa shape index (κ1) is 30.0. The van der Waals surface area contributed by atoms with Crippen molar-refractivity contribution in [1.82, 2.24) is 15.5 Å². The molecule has 0 saturated heterocycles. The summed E-state index contributed by atoms with van der Waals surface area (Å²) in [6.45, 7) is 4.65. The third-order valence-corrected chi connectivity index (χ3v) is 5.15. The molecule has 1 atom stereocenters. The Kier molecular flexibility index (Phi) is 11.9. The molecule has 2 rings (SSSR count). The maximum atomic E-state index is 12.6. The third-order valence-electron chi connectivity index (χ3n) is 5.15. The molecule has 0 bridgehead atoms. The number of nitrogens with one attached hydrogen (secondary N) is 3. The number of imide groups is 1. The smallest absolute Gasteiger partial charge is 0.407 e. The number of esters is 1. The zero-order chi connectivity index (χ0) is 28.1. The predicted octanol–water partition coefficient (Wildman–Crippen LogP) is 0.497. The van der Waals surface area contributed by atoms with Gasteiger partial charge in [-0.15, -0.1) is 0 Å². The summed E-state index contributed by atoms with van der Waals surface area (Å²) in [6, 6.07) is 5.72. The van der Waals surface area contributed by atoms with Crippen molar-refractivity contribution in [3.63, 3.8) is 0 Å². The van der Waals surface area contributed by atoms with Crippen LogP contribution in [0.3, 0.4) is 0 Å². The molecule has 0 fully saturated rings. The first-order valence-electron chi connectivity index (χ1n) is 11.9. The Hall–Kier alpha value is -4.26. The summed E-state index contributed by atoms with van der Waals surface area (Å²) in [5.74, 6) is -2.53. The largest absolute Gasteiger partial charge is 0.461 e. The molecule has 5 amide bonds. The molecule has 1 unspecified atom stereocenters. The highest BCUT2D eigenvalue weighted by Gasteiger charge is 2.25. The van der Waals surface area contributed by atoms with E-state index in [4.69, 9.17) is 14.2 Å². The molecular formula is C25H32N4O9. The van der Waals surface area contributed by atoms with Crippen molar-refractivity contribution in [2.24, 2.45) is 5.92 Å². The van der Waals surface area contributed by atoms with E-state index in [0.29, 0.717) is 5.69 Å². The fraction of sp³-hybridized carbons (Fsp3) is 0.440. The lowest BCUT2D eigenvalue weighted by atomic mass is 10.0. The Morgan fingerprint density at radius 2 is 1.58 bits per heavy atom. The van der Waals surface area contributed by atoms with Crippen LogP contribution in [-0.4, -0.2) is 79.5 Å². The molecule has 3 N–H and O–H groups in total. The van der Waals surface area contributed by atoms with Crippen LogP contribution in [0.15, 0.2) is 36.4 Å². The van der Waals surface area contributed by atoms with E-state index in [-0.39, 0.29) is 45.4 Å². The highest BCUT2D eigenvalue weighted by atomic mass is 16.6. The summed E-state index contributed by atoms with van der Waals surface area (Å²) >= 11 is 0. The van der Waals surface area contributed by atoms with Crippen LogP contribution in [0.5, 0.6) is 0 Å². The number of amides is 5. The van der Waals surface area contributed by atoms with Gasteiger partial charge in [-0.25, -0.2) is 4.79 Å². The molecule has 1 aliphatic heterocycles. The van der Waals surface area contributed by atoms with Gasteiger partial charge in [0.05, 0.1) is 26.3 Å². The molecule has 0 aromatic heterocycles. The summed E-state index contributed by atoms with van der Waals surface area (Å²) in [5, 5.41) is 7.58. The number of nitrogens with zero attached hydrogens (tertiary/aromatic N) is 1. The van der Waals surface area contributed by atoms with Gasteiger partial charge in [0.25, 0.3) is 11.8 Å². The summed E-state index contributed by atoms with van der Waals surface area (Å²) in [5.41, 5.74) is 1.25. The molecule has 1 heterocycles. The second-order valence-electron chi connectivity index (χ2n) is 8.52. The van der Waals surface area contributed by atoms with E-state index in [0.717, 1.165) is 10.5 Å². The number of benzene rings is 1. The second kappa shape index (κ2) is 15.1. The van der Waals surface area contributed by atoms with Gasteiger partial charge in [-0.05, 0) is 23.6 Å². The number of carbonyl (C=O) groups excluding carboxylic acids is 6. The first-order chi connectivity index (χ1) is 18.1. The number of hydrogen-bond donors (Lipinski definition) is 3. The Balaban J connectivity index is 1.66. The van der Waals surface area contributed by atoms with Crippen LogP contribution in [-0.2, 0) is 44.8 Å². The Morgan fingerprint density at radius 3 is 2.18 bits per heavy atom. The quantitative estimate of drug-likeness (QED) is 0.175. The van der Waals surface area contributed by atoms with Gasteiger partial charge in [-0.3, -0.25) is 28.9 Å².